The fourth-order valence-electron chi connectivity index (χ4n) is 2.26. The molecule has 0 fully saturated rings. The first-order valence-electron chi connectivity index (χ1n) is 7.62. The second-order valence-corrected chi connectivity index (χ2v) is 5.66. The van der Waals surface area contributed by atoms with Crippen LogP contribution < -0.4 is 0 Å². The minimum Gasteiger partial charge on any atom is -0.508 e. The van der Waals surface area contributed by atoms with Gasteiger partial charge in [0, 0.05) is 30.9 Å². The summed E-state index contributed by atoms with van der Waals surface area (Å²) in [6.45, 7) is 7.12. The van der Waals surface area contributed by atoms with Gasteiger partial charge in [-0.25, -0.2) is 4.98 Å². The van der Waals surface area contributed by atoms with Crippen LogP contribution in [-0.2, 0) is 6.54 Å². The Balaban J connectivity index is 2.19. The van der Waals surface area contributed by atoms with Gasteiger partial charge in [0.05, 0.1) is 6.33 Å². The predicted molar refractivity (Wildman–Crippen MR) is 85.8 cm³/mol. The SMILES string of the molecule is CCCN(Cc1ccccc1O)C(=O)c1cn(C(C)C)cn1. The van der Waals surface area contributed by atoms with E-state index in [2.05, 4.69) is 4.98 Å². The Morgan fingerprint density at radius 3 is 2.68 bits per heavy atom. The molecule has 118 valence electrons. The van der Waals surface area contributed by atoms with Crippen LogP contribution in [0.25, 0.3) is 0 Å². The number of hydrogen-bond donors (Lipinski definition) is 1. The van der Waals surface area contributed by atoms with E-state index in [-0.39, 0.29) is 17.7 Å². The monoisotopic (exact) mass is 301 g/mol. The van der Waals surface area contributed by atoms with Crippen LogP contribution >= 0.6 is 0 Å². The summed E-state index contributed by atoms with van der Waals surface area (Å²) in [6, 6.07) is 7.37. The van der Waals surface area contributed by atoms with Crippen LogP contribution in [0.4, 0.5) is 0 Å². The van der Waals surface area contributed by atoms with Crippen molar-refractivity contribution in [3.8, 4) is 5.75 Å². The molecule has 1 amide bonds. The molecule has 1 aromatic carbocycles. The highest BCUT2D eigenvalue weighted by molar-refractivity contribution is 5.92. The molecule has 0 unspecified atom stereocenters. The van der Waals surface area contributed by atoms with Crippen LogP contribution in [0, 0.1) is 0 Å². The van der Waals surface area contributed by atoms with Crippen molar-refractivity contribution < 1.29 is 9.90 Å². The molecule has 1 heterocycles. The van der Waals surface area contributed by atoms with Crippen LogP contribution in [0.2, 0.25) is 0 Å². The van der Waals surface area contributed by atoms with Crippen molar-refractivity contribution in [2.75, 3.05) is 6.54 Å². The molecule has 0 aliphatic rings. The fourth-order valence-corrected chi connectivity index (χ4v) is 2.26. The molecule has 0 radical (unpaired) electrons. The molecule has 0 aliphatic heterocycles. The van der Waals surface area contributed by atoms with E-state index in [0.717, 1.165) is 12.0 Å². The number of amides is 1. The molecule has 1 N–H and O–H groups in total. The number of carbonyl (C=O) groups excluding carboxylic acids is 1. The van der Waals surface area contributed by atoms with E-state index in [0.29, 0.717) is 18.8 Å². The third kappa shape index (κ3) is 3.67. The Morgan fingerprint density at radius 1 is 1.36 bits per heavy atom. The molecular formula is C17H23N3O2. The molecule has 0 atom stereocenters. The van der Waals surface area contributed by atoms with Crippen molar-refractivity contribution in [1.82, 2.24) is 14.5 Å². The molecular weight excluding hydrogens is 278 g/mol. The van der Waals surface area contributed by atoms with E-state index in [4.69, 9.17) is 0 Å². The van der Waals surface area contributed by atoms with Gasteiger partial charge in [0.1, 0.15) is 11.4 Å². The summed E-state index contributed by atoms with van der Waals surface area (Å²) in [4.78, 5) is 18.6. The molecule has 0 saturated heterocycles. The number of aromatic nitrogens is 2. The second kappa shape index (κ2) is 7.11. The van der Waals surface area contributed by atoms with Gasteiger partial charge in [-0.05, 0) is 26.3 Å². The van der Waals surface area contributed by atoms with Crippen molar-refractivity contribution in [2.24, 2.45) is 0 Å². The lowest BCUT2D eigenvalue weighted by molar-refractivity contribution is 0.0736. The van der Waals surface area contributed by atoms with E-state index in [1.54, 1.807) is 29.6 Å². The summed E-state index contributed by atoms with van der Waals surface area (Å²) >= 11 is 0. The fraction of sp³-hybridized carbons (Fsp3) is 0.412. The van der Waals surface area contributed by atoms with Gasteiger partial charge in [-0.15, -0.1) is 0 Å². The van der Waals surface area contributed by atoms with Gasteiger partial charge in [-0.2, -0.15) is 0 Å². The maximum absolute atomic E-state index is 12.7. The zero-order chi connectivity index (χ0) is 16.1. The zero-order valence-corrected chi connectivity index (χ0v) is 13.4. The number of nitrogens with zero attached hydrogens (tertiary/aromatic N) is 3. The summed E-state index contributed by atoms with van der Waals surface area (Å²) in [6.07, 6.45) is 4.31. The summed E-state index contributed by atoms with van der Waals surface area (Å²) in [5.41, 5.74) is 1.19. The van der Waals surface area contributed by atoms with Crippen molar-refractivity contribution >= 4 is 5.91 Å². The second-order valence-electron chi connectivity index (χ2n) is 5.66. The highest BCUT2D eigenvalue weighted by atomic mass is 16.3. The number of rotatable bonds is 6. The van der Waals surface area contributed by atoms with Crippen LogP contribution in [0.15, 0.2) is 36.8 Å². The molecule has 0 bridgehead atoms. The first-order valence-corrected chi connectivity index (χ1v) is 7.62. The van der Waals surface area contributed by atoms with E-state index in [1.807, 2.05) is 37.5 Å². The molecule has 2 aromatic rings. The standard InChI is InChI=1S/C17H23N3O2/c1-4-9-19(10-14-7-5-6-8-16(14)21)17(22)15-11-20(12-18-15)13(2)3/h5-8,11-13,21H,4,9-10H2,1-3H3. The van der Waals surface area contributed by atoms with Crippen molar-refractivity contribution in [2.45, 2.75) is 39.8 Å². The molecule has 2 rings (SSSR count). The third-order valence-electron chi connectivity index (χ3n) is 3.55. The topological polar surface area (TPSA) is 58.4 Å². The van der Waals surface area contributed by atoms with Crippen LogP contribution in [0.1, 0.15) is 49.3 Å². The van der Waals surface area contributed by atoms with Crippen molar-refractivity contribution in [3.63, 3.8) is 0 Å². The summed E-state index contributed by atoms with van der Waals surface area (Å²) in [7, 11) is 0. The van der Waals surface area contributed by atoms with Crippen LogP contribution in [0.5, 0.6) is 5.75 Å². The Morgan fingerprint density at radius 2 is 2.09 bits per heavy atom. The van der Waals surface area contributed by atoms with Gasteiger partial charge >= 0.3 is 0 Å². The molecule has 0 saturated carbocycles. The molecule has 5 nitrogen and oxygen atoms in total. The normalized spacial score (nSPS) is 10.9. The maximum Gasteiger partial charge on any atom is 0.274 e. The van der Waals surface area contributed by atoms with Gasteiger partial charge in [0.15, 0.2) is 0 Å². The summed E-state index contributed by atoms with van der Waals surface area (Å²) in [5, 5.41) is 9.90. The van der Waals surface area contributed by atoms with Crippen molar-refractivity contribution in [1.29, 1.82) is 0 Å². The Bertz CT molecular complexity index is 634. The minimum absolute atomic E-state index is 0.107. The highest BCUT2D eigenvalue weighted by Gasteiger charge is 2.19. The maximum atomic E-state index is 12.7. The van der Waals surface area contributed by atoms with Gasteiger partial charge in [-0.1, -0.05) is 25.1 Å². The Hall–Kier alpha value is -2.30. The van der Waals surface area contributed by atoms with Crippen LogP contribution in [-0.4, -0.2) is 32.0 Å². The van der Waals surface area contributed by atoms with E-state index >= 15 is 0 Å². The lowest BCUT2D eigenvalue weighted by Crippen LogP contribution is -2.31. The highest BCUT2D eigenvalue weighted by Crippen LogP contribution is 2.19. The number of para-hydroxylation sites is 1. The number of aromatic hydroxyl groups is 1. The average Bonchev–Trinajstić information content (AvgIpc) is 2.98. The summed E-state index contributed by atoms with van der Waals surface area (Å²) < 4.78 is 1.91. The first-order chi connectivity index (χ1) is 10.5. The number of hydrogen-bond acceptors (Lipinski definition) is 3. The molecule has 5 heteroatoms. The number of carbonyl (C=O) groups is 1. The average molecular weight is 301 g/mol. The smallest absolute Gasteiger partial charge is 0.274 e. The van der Waals surface area contributed by atoms with Gasteiger partial charge in [-0.3, -0.25) is 4.79 Å². The third-order valence-corrected chi connectivity index (χ3v) is 3.55. The largest absolute Gasteiger partial charge is 0.508 e. The number of phenols is 1. The molecule has 0 spiro atoms. The van der Waals surface area contributed by atoms with Crippen LogP contribution in [0.3, 0.4) is 0 Å². The van der Waals surface area contributed by atoms with Gasteiger partial charge in [0.25, 0.3) is 5.91 Å². The molecule has 0 aliphatic carbocycles. The zero-order valence-electron chi connectivity index (χ0n) is 13.4. The number of benzene rings is 1. The van der Waals surface area contributed by atoms with E-state index in [1.165, 1.54) is 0 Å². The lowest BCUT2D eigenvalue weighted by atomic mass is 10.2. The Kier molecular flexibility index (Phi) is 5.20. The lowest BCUT2D eigenvalue weighted by Gasteiger charge is -2.21. The first kappa shape index (κ1) is 16.1. The van der Waals surface area contributed by atoms with E-state index < -0.39 is 0 Å². The van der Waals surface area contributed by atoms with Gasteiger partial charge in [0.2, 0.25) is 0 Å². The van der Waals surface area contributed by atoms with E-state index in [9.17, 15) is 9.90 Å². The minimum atomic E-state index is -0.107. The van der Waals surface area contributed by atoms with Crippen molar-refractivity contribution in [3.05, 3.63) is 48.0 Å². The van der Waals surface area contributed by atoms with Gasteiger partial charge < -0.3 is 14.6 Å². The number of phenolic OH excluding ortho intramolecular Hbond substituents is 1. The summed E-state index contributed by atoms with van der Waals surface area (Å²) in [5.74, 6) is 0.105. The Labute approximate surface area is 131 Å². The molecule has 22 heavy (non-hydrogen) atoms. The molecule has 1 aromatic heterocycles. The quantitative estimate of drug-likeness (QED) is 0.891. The predicted octanol–water partition coefficient (Wildman–Crippen LogP) is 3.22. The number of imidazole rings is 1.